The van der Waals surface area contributed by atoms with E-state index < -0.39 is 72.2 Å². The van der Waals surface area contributed by atoms with Crippen LogP contribution in [0.25, 0.3) is 0 Å². The summed E-state index contributed by atoms with van der Waals surface area (Å²) in [5, 5.41) is 25.1. The van der Waals surface area contributed by atoms with Crippen LogP contribution in [0.15, 0.2) is 0 Å². The molecule has 5 amide bonds. The molecule has 0 aliphatic rings. The number of aliphatic carboxylic acids is 1. The third-order valence-electron chi connectivity index (χ3n) is 3.93. The second kappa shape index (κ2) is 13.4. The Balaban J connectivity index is 5.33. The number of rotatable bonds is 14. The SMILES string of the molecule is CC(O)C(NC(=O)C(CCC(N)=O)NC(=O)C(CS)NC(=O)C(N)CC(N)=O)C(=O)O. The molecule has 0 aromatic heterocycles. The fraction of sp³-hybridized carbons (Fsp3) is 0.625. The molecule has 0 bridgehead atoms. The maximum Gasteiger partial charge on any atom is 0.328 e. The molecule has 5 unspecified atom stereocenters. The summed E-state index contributed by atoms with van der Waals surface area (Å²) in [5.41, 5.74) is 15.5. The highest BCUT2D eigenvalue weighted by Gasteiger charge is 2.31. The number of carboxylic acid groups (broad SMARTS) is 1. The number of hydrogen-bond donors (Lipinski definition) is 9. The van der Waals surface area contributed by atoms with Gasteiger partial charge < -0.3 is 43.4 Å². The van der Waals surface area contributed by atoms with Crippen LogP contribution in [0.2, 0.25) is 0 Å². The fourth-order valence-corrected chi connectivity index (χ4v) is 2.51. The van der Waals surface area contributed by atoms with Gasteiger partial charge in [0.1, 0.15) is 12.1 Å². The van der Waals surface area contributed by atoms with Gasteiger partial charge in [0.2, 0.25) is 29.5 Å². The maximum atomic E-state index is 12.5. The van der Waals surface area contributed by atoms with Crippen molar-refractivity contribution in [3.05, 3.63) is 0 Å². The standard InChI is InChI=1S/C16H28N6O8S/c1-6(23)12(16(29)30)22-14(27)8(2-3-10(18)24)20-15(28)9(5-31)21-13(26)7(17)4-11(19)25/h6-9,12,23,31H,2-5,17H2,1H3,(H2,18,24)(H2,19,25)(H,20,28)(H,21,26)(H,22,27)(H,29,30). The minimum atomic E-state index is -1.67. The van der Waals surface area contributed by atoms with E-state index in [9.17, 15) is 33.9 Å². The van der Waals surface area contributed by atoms with Crippen molar-refractivity contribution < 1.29 is 39.0 Å². The van der Waals surface area contributed by atoms with Gasteiger partial charge in [-0.25, -0.2) is 4.79 Å². The van der Waals surface area contributed by atoms with E-state index in [-0.39, 0.29) is 18.6 Å². The third kappa shape index (κ3) is 10.6. The number of primary amides is 2. The number of nitrogens with one attached hydrogen (secondary N) is 3. The molecule has 14 nitrogen and oxygen atoms in total. The van der Waals surface area contributed by atoms with Crippen LogP contribution in [0.5, 0.6) is 0 Å². The van der Waals surface area contributed by atoms with Gasteiger partial charge in [-0.15, -0.1) is 0 Å². The normalized spacial score (nSPS) is 15.5. The Morgan fingerprint density at radius 1 is 0.903 bits per heavy atom. The summed E-state index contributed by atoms with van der Waals surface area (Å²) < 4.78 is 0. The average Bonchev–Trinajstić information content (AvgIpc) is 2.65. The molecule has 0 saturated heterocycles. The van der Waals surface area contributed by atoms with Crippen LogP contribution in [0.3, 0.4) is 0 Å². The maximum absolute atomic E-state index is 12.5. The first-order valence-electron chi connectivity index (χ1n) is 9.05. The molecule has 0 saturated carbocycles. The highest BCUT2D eigenvalue weighted by Crippen LogP contribution is 2.03. The average molecular weight is 465 g/mol. The summed E-state index contributed by atoms with van der Waals surface area (Å²) in [7, 11) is 0. The van der Waals surface area contributed by atoms with Crippen molar-refractivity contribution in [3.8, 4) is 0 Å². The zero-order chi connectivity index (χ0) is 24.3. The van der Waals surface area contributed by atoms with E-state index in [1.54, 1.807) is 0 Å². The minimum absolute atomic E-state index is 0.226. The lowest BCUT2D eigenvalue weighted by Crippen LogP contribution is -2.58. The first-order chi connectivity index (χ1) is 14.3. The van der Waals surface area contributed by atoms with Crippen LogP contribution in [-0.4, -0.2) is 81.7 Å². The quantitative estimate of drug-likeness (QED) is 0.112. The van der Waals surface area contributed by atoms with Crippen molar-refractivity contribution >= 4 is 48.1 Å². The molecule has 15 heteroatoms. The second-order valence-corrected chi connectivity index (χ2v) is 7.02. The van der Waals surface area contributed by atoms with E-state index in [2.05, 4.69) is 23.3 Å². The Kier molecular flexibility index (Phi) is 12.1. The summed E-state index contributed by atoms with van der Waals surface area (Å²) >= 11 is 3.94. The Hall–Kier alpha value is -2.91. The van der Waals surface area contributed by atoms with E-state index in [4.69, 9.17) is 22.3 Å². The van der Waals surface area contributed by atoms with Crippen LogP contribution >= 0.6 is 12.6 Å². The van der Waals surface area contributed by atoms with Gasteiger partial charge in [-0.3, -0.25) is 24.0 Å². The van der Waals surface area contributed by atoms with Gasteiger partial charge in [0.25, 0.3) is 0 Å². The van der Waals surface area contributed by atoms with Crippen LogP contribution in [0, 0.1) is 0 Å². The van der Waals surface area contributed by atoms with Gasteiger partial charge in [0, 0.05) is 12.2 Å². The summed E-state index contributed by atoms with van der Waals surface area (Å²) in [6.45, 7) is 1.14. The molecular formula is C16H28N6O8S. The van der Waals surface area contributed by atoms with Gasteiger partial charge in [-0.1, -0.05) is 0 Å². The zero-order valence-electron chi connectivity index (χ0n) is 16.7. The van der Waals surface area contributed by atoms with Crippen LogP contribution < -0.4 is 33.2 Å². The summed E-state index contributed by atoms with van der Waals surface area (Å²) in [6.07, 6.45) is -2.53. The lowest BCUT2D eigenvalue weighted by atomic mass is 10.1. The van der Waals surface area contributed by atoms with E-state index >= 15 is 0 Å². The molecule has 0 aromatic carbocycles. The number of aliphatic hydroxyl groups excluding tert-OH is 1. The van der Waals surface area contributed by atoms with Crippen molar-refractivity contribution in [1.29, 1.82) is 0 Å². The second-order valence-electron chi connectivity index (χ2n) is 6.65. The lowest BCUT2D eigenvalue weighted by Gasteiger charge is -2.25. The van der Waals surface area contributed by atoms with Gasteiger partial charge in [0.05, 0.1) is 18.6 Å². The predicted octanol–water partition coefficient (Wildman–Crippen LogP) is -4.70. The number of hydrogen-bond acceptors (Lipinski definition) is 9. The highest BCUT2D eigenvalue weighted by molar-refractivity contribution is 7.80. The topological polar surface area (TPSA) is 257 Å². The number of carbonyl (C=O) groups excluding carboxylic acids is 5. The molecule has 0 aliphatic carbocycles. The van der Waals surface area contributed by atoms with Crippen LogP contribution in [0.1, 0.15) is 26.2 Å². The number of amides is 5. The van der Waals surface area contributed by atoms with Crippen molar-refractivity contribution in [2.45, 2.75) is 56.5 Å². The fourth-order valence-electron chi connectivity index (χ4n) is 2.25. The van der Waals surface area contributed by atoms with Crippen LogP contribution in [0.4, 0.5) is 0 Å². The molecule has 176 valence electrons. The monoisotopic (exact) mass is 464 g/mol. The van der Waals surface area contributed by atoms with E-state index in [0.717, 1.165) is 6.92 Å². The Labute approximate surface area is 183 Å². The first kappa shape index (κ1) is 28.1. The minimum Gasteiger partial charge on any atom is -0.480 e. The van der Waals surface area contributed by atoms with Gasteiger partial charge >= 0.3 is 5.97 Å². The molecule has 0 fully saturated rings. The molecule has 0 aromatic rings. The molecule has 31 heavy (non-hydrogen) atoms. The van der Waals surface area contributed by atoms with E-state index in [0.29, 0.717) is 0 Å². The molecule has 0 radical (unpaired) electrons. The smallest absolute Gasteiger partial charge is 0.328 e. The predicted molar refractivity (Wildman–Crippen MR) is 109 cm³/mol. The van der Waals surface area contributed by atoms with Crippen molar-refractivity contribution in [3.63, 3.8) is 0 Å². The van der Waals surface area contributed by atoms with Crippen molar-refractivity contribution in [1.82, 2.24) is 16.0 Å². The van der Waals surface area contributed by atoms with E-state index in [1.807, 2.05) is 5.32 Å². The number of aliphatic hydroxyl groups is 1. The highest BCUT2D eigenvalue weighted by atomic mass is 32.1. The number of carboxylic acids is 1. The molecule has 0 rings (SSSR count). The van der Waals surface area contributed by atoms with E-state index in [1.165, 1.54) is 0 Å². The molecule has 0 aliphatic heterocycles. The zero-order valence-corrected chi connectivity index (χ0v) is 17.6. The molecule has 11 N–H and O–H groups in total. The molecule has 5 atom stereocenters. The van der Waals surface area contributed by atoms with Crippen molar-refractivity contribution in [2.24, 2.45) is 17.2 Å². The summed E-state index contributed by atoms with van der Waals surface area (Å²) in [6, 6.07) is -5.69. The number of thiol groups is 1. The first-order valence-corrected chi connectivity index (χ1v) is 9.68. The van der Waals surface area contributed by atoms with Crippen molar-refractivity contribution in [2.75, 3.05) is 5.75 Å². The Morgan fingerprint density at radius 3 is 1.84 bits per heavy atom. The Bertz CT molecular complexity index is 704. The summed E-state index contributed by atoms with van der Waals surface area (Å²) in [5.74, 6) is -6.13. The molecule has 0 heterocycles. The largest absolute Gasteiger partial charge is 0.480 e. The molecule has 0 spiro atoms. The Morgan fingerprint density at radius 2 is 1.42 bits per heavy atom. The van der Waals surface area contributed by atoms with Crippen LogP contribution in [-0.2, 0) is 28.8 Å². The number of nitrogens with two attached hydrogens (primary N) is 3. The summed E-state index contributed by atoms with van der Waals surface area (Å²) in [4.78, 5) is 70.0. The lowest BCUT2D eigenvalue weighted by molar-refractivity contribution is -0.145. The van der Waals surface area contributed by atoms with Gasteiger partial charge in [0.15, 0.2) is 6.04 Å². The van der Waals surface area contributed by atoms with Gasteiger partial charge in [-0.05, 0) is 13.3 Å². The van der Waals surface area contributed by atoms with Gasteiger partial charge in [-0.2, -0.15) is 12.6 Å². The molecular weight excluding hydrogens is 436 g/mol. The third-order valence-corrected chi connectivity index (χ3v) is 4.30. The number of carbonyl (C=O) groups is 6.